The molecule has 6 nitrogen and oxygen atoms in total. The average Bonchev–Trinajstić information content (AvgIpc) is 3.04. The van der Waals surface area contributed by atoms with Gasteiger partial charge in [-0.05, 0) is 25.2 Å². The number of hydrogen-bond acceptors (Lipinski definition) is 4. The Morgan fingerprint density at radius 2 is 2.19 bits per heavy atom. The summed E-state index contributed by atoms with van der Waals surface area (Å²) in [5, 5.41) is 13.8. The summed E-state index contributed by atoms with van der Waals surface area (Å²) >= 11 is 0. The smallest absolute Gasteiger partial charge is 0.322 e. The Labute approximate surface area is 92.4 Å². The van der Waals surface area contributed by atoms with Crippen molar-refractivity contribution in [3.8, 4) is 0 Å². The fourth-order valence-electron chi connectivity index (χ4n) is 2.25. The standard InChI is InChI=1S/C10H14N2O4/c13-4-6(5-14)3-10(7-1-2-7)8(15)11-9(16)12-10/h4,6-7,14H,1-3,5H2,(H2,11,12,15,16)/t6?,10-/m0/s1. The van der Waals surface area contributed by atoms with E-state index in [9.17, 15) is 14.4 Å². The Morgan fingerprint density at radius 1 is 1.50 bits per heavy atom. The van der Waals surface area contributed by atoms with Crippen molar-refractivity contribution in [2.75, 3.05) is 6.61 Å². The minimum absolute atomic E-state index is 0.0907. The number of nitrogens with one attached hydrogen (secondary N) is 2. The van der Waals surface area contributed by atoms with Crippen LogP contribution in [0.25, 0.3) is 0 Å². The van der Waals surface area contributed by atoms with E-state index < -0.39 is 17.5 Å². The fraction of sp³-hybridized carbons (Fsp3) is 0.700. The van der Waals surface area contributed by atoms with Crippen LogP contribution in [0, 0.1) is 11.8 Å². The normalized spacial score (nSPS) is 30.8. The molecule has 3 N–H and O–H groups in total. The lowest BCUT2D eigenvalue weighted by atomic mass is 9.84. The predicted molar refractivity (Wildman–Crippen MR) is 53.4 cm³/mol. The number of amides is 3. The lowest BCUT2D eigenvalue weighted by Crippen LogP contribution is -2.51. The molecule has 2 fully saturated rings. The van der Waals surface area contributed by atoms with Crippen molar-refractivity contribution in [1.29, 1.82) is 0 Å². The van der Waals surface area contributed by atoms with E-state index in [1.165, 1.54) is 0 Å². The van der Waals surface area contributed by atoms with Gasteiger partial charge in [0.2, 0.25) is 0 Å². The minimum Gasteiger partial charge on any atom is -0.396 e. The molecule has 1 unspecified atom stereocenters. The first kappa shape index (κ1) is 11.1. The number of aliphatic hydroxyl groups is 1. The number of imide groups is 1. The Morgan fingerprint density at radius 3 is 2.56 bits per heavy atom. The Hall–Kier alpha value is -1.43. The predicted octanol–water partition coefficient (Wildman–Crippen LogP) is -0.828. The largest absolute Gasteiger partial charge is 0.396 e. The average molecular weight is 226 g/mol. The van der Waals surface area contributed by atoms with Gasteiger partial charge in [-0.2, -0.15) is 0 Å². The maximum atomic E-state index is 11.8. The number of urea groups is 1. The van der Waals surface area contributed by atoms with Gasteiger partial charge in [0.25, 0.3) is 5.91 Å². The van der Waals surface area contributed by atoms with Crippen LogP contribution < -0.4 is 10.6 Å². The zero-order valence-corrected chi connectivity index (χ0v) is 8.73. The van der Waals surface area contributed by atoms with Crippen LogP contribution in [0.15, 0.2) is 0 Å². The molecule has 0 aromatic heterocycles. The first-order valence-electron chi connectivity index (χ1n) is 5.32. The molecule has 2 rings (SSSR count). The third kappa shape index (κ3) is 1.69. The van der Waals surface area contributed by atoms with E-state index in [0.717, 1.165) is 12.8 Å². The molecule has 1 saturated carbocycles. The quantitative estimate of drug-likeness (QED) is 0.421. The summed E-state index contributed by atoms with van der Waals surface area (Å²) in [6.45, 7) is -0.304. The van der Waals surface area contributed by atoms with Gasteiger partial charge in [0, 0.05) is 5.92 Å². The Balaban J connectivity index is 2.19. The highest BCUT2D eigenvalue weighted by atomic mass is 16.3. The third-order valence-electron chi connectivity index (χ3n) is 3.25. The SMILES string of the molecule is O=CC(CO)C[C@@]1(C2CC2)NC(=O)NC1=O. The summed E-state index contributed by atoms with van der Waals surface area (Å²) in [4.78, 5) is 33.6. The molecule has 16 heavy (non-hydrogen) atoms. The Kier molecular flexibility index (Phi) is 2.67. The van der Waals surface area contributed by atoms with Crippen molar-refractivity contribution in [3.63, 3.8) is 0 Å². The number of carbonyl (C=O) groups is 3. The number of rotatable bonds is 5. The summed E-state index contributed by atoms with van der Waals surface area (Å²) in [6, 6.07) is -0.514. The van der Waals surface area contributed by atoms with E-state index >= 15 is 0 Å². The van der Waals surface area contributed by atoms with E-state index in [4.69, 9.17) is 5.11 Å². The molecule has 1 saturated heterocycles. The fourth-order valence-corrected chi connectivity index (χ4v) is 2.25. The summed E-state index contributed by atoms with van der Waals surface area (Å²) < 4.78 is 0. The van der Waals surface area contributed by atoms with Gasteiger partial charge >= 0.3 is 6.03 Å². The second-order valence-corrected chi connectivity index (χ2v) is 4.44. The van der Waals surface area contributed by atoms with Crippen molar-refractivity contribution in [2.45, 2.75) is 24.8 Å². The molecule has 1 aliphatic carbocycles. The van der Waals surface area contributed by atoms with Crippen LogP contribution in [0.3, 0.4) is 0 Å². The molecule has 2 atom stereocenters. The van der Waals surface area contributed by atoms with Crippen molar-refractivity contribution in [2.24, 2.45) is 11.8 Å². The van der Waals surface area contributed by atoms with Crippen molar-refractivity contribution in [1.82, 2.24) is 10.6 Å². The zero-order chi connectivity index (χ0) is 11.8. The second-order valence-electron chi connectivity index (χ2n) is 4.44. The second kappa shape index (κ2) is 3.86. The van der Waals surface area contributed by atoms with E-state index in [0.29, 0.717) is 6.29 Å². The van der Waals surface area contributed by atoms with Crippen molar-refractivity contribution < 1.29 is 19.5 Å². The number of aliphatic hydroxyl groups excluding tert-OH is 1. The van der Waals surface area contributed by atoms with Crippen LogP contribution in [0.4, 0.5) is 4.79 Å². The molecule has 0 aromatic carbocycles. The lowest BCUT2D eigenvalue weighted by molar-refractivity contribution is -0.126. The molecule has 88 valence electrons. The molecule has 0 spiro atoms. The third-order valence-corrected chi connectivity index (χ3v) is 3.25. The first-order chi connectivity index (χ1) is 7.62. The van der Waals surface area contributed by atoms with Gasteiger partial charge in [-0.3, -0.25) is 10.1 Å². The van der Waals surface area contributed by atoms with Gasteiger partial charge in [-0.15, -0.1) is 0 Å². The first-order valence-corrected chi connectivity index (χ1v) is 5.32. The molecule has 3 amide bonds. The van der Waals surface area contributed by atoms with Gasteiger partial charge in [0.15, 0.2) is 0 Å². The highest BCUT2D eigenvalue weighted by Gasteiger charge is 2.56. The minimum atomic E-state index is -0.981. The maximum Gasteiger partial charge on any atom is 0.322 e. The van der Waals surface area contributed by atoms with E-state index in [2.05, 4.69) is 10.6 Å². The molecule has 0 aromatic rings. The van der Waals surface area contributed by atoms with Crippen molar-refractivity contribution >= 4 is 18.2 Å². The highest BCUT2D eigenvalue weighted by molar-refractivity contribution is 6.07. The molecular formula is C10H14N2O4. The molecule has 2 aliphatic rings. The van der Waals surface area contributed by atoms with Gasteiger partial charge < -0.3 is 15.2 Å². The van der Waals surface area contributed by atoms with Crippen LogP contribution in [-0.2, 0) is 9.59 Å². The summed E-state index contributed by atoms with van der Waals surface area (Å²) in [5.41, 5.74) is -0.981. The summed E-state index contributed by atoms with van der Waals surface area (Å²) in [7, 11) is 0. The molecule has 1 aliphatic heterocycles. The monoisotopic (exact) mass is 226 g/mol. The number of hydrogen-bond donors (Lipinski definition) is 3. The maximum absolute atomic E-state index is 11.8. The number of carbonyl (C=O) groups excluding carboxylic acids is 3. The molecule has 0 radical (unpaired) electrons. The highest BCUT2D eigenvalue weighted by Crippen LogP contribution is 2.44. The van der Waals surface area contributed by atoms with Crippen LogP contribution >= 0.6 is 0 Å². The molecule has 6 heteroatoms. The van der Waals surface area contributed by atoms with Crippen LogP contribution in [0.1, 0.15) is 19.3 Å². The van der Waals surface area contributed by atoms with E-state index in [1.807, 2.05) is 0 Å². The van der Waals surface area contributed by atoms with Crippen LogP contribution in [0.2, 0.25) is 0 Å². The van der Waals surface area contributed by atoms with Crippen LogP contribution in [-0.4, -0.2) is 35.5 Å². The van der Waals surface area contributed by atoms with Gasteiger partial charge in [0.1, 0.15) is 11.8 Å². The zero-order valence-electron chi connectivity index (χ0n) is 8.73. The van der Waals surface area contributed by atoms with E-state index in [1.54, 1.807) is 0 Å². The van der Waals surface area contributed by atoms with Crippen molar-refractivity contribution in [3.05, 3.63) is 0 Å². The summed E-state index contributed by atoms with van der Waals surface area (Å²) in [6.07, 6.45) is 2.53. The topological polar surface area (TPSA) is 95.5 Å². The molecule has 1 heterocycles. The summed E-state index contributed by atoms with van der Waals surface area (Å²) in [5.74, 6) is -0.891. The van der Waals surface area contributed by atoms with E-state index in [-0.39, 0.29) is 24.9 Å². The molecule has 0 bridgehead atoms. The van der Waals surface area contributed by atoms with Gasteiger partial charge in [-0.1, -0.05) is 0 Å². The Bertz CT molecular complexity index is 340. The van der Waals surface area contributed by atoms with Crippen LogP contribution in [0.5, 0.6) is 0 Å². The van der Waals surface area contributed by atoms with Gasteiger partial charge in [-0.25, -0.2) is 4.79 Å². The number of aldehydes is 1. The lowest BCUT2D eigenvalue weighted by Gasteiger charge is -2.27. The molecular weight excluding hydrogens is 212 g/mol. The van der Waals surface area contributed by atoms with Gasteiger partial charge in [0.05, 0.1) is 6.61 Å².